The molecule has 0 spiro atoms. The molecule has 0 aliphatic carbocycles. The van der Waals surface area contributed by atoms with Gasteiger partial charge in [0, 0.05) is 21.8 Å². The summed E-state index contributed by atoms with van der Waals surface area (Å²) in [6, 6.07) is 39.7. The van der Waals surface area contributed by atoms with Gasteiger partial charge in [0.05, 0.1) is 5.75 Å². The van der Waals surface area contributed by atoms with E-state index in [0.29, 0.717) is 11.3 Å². The van der Waals surface area contributed by atoms with Gasteiger partial charge in [0.15, 0.2) is 0 Å². The van der Waals surface area contributed by atoms with E-state index in [2.05, 4.69) is 16.0 Å². The first kappa shape index (κ1) is 31.0. The summed E-state index contributed by atoms with van der Waals surface area (Å²) in [5.74, 6) is -0.768. The molecule has 0 saturated heterocycles. The van der Waals surface area contributed by atoms with Crippen molar-refractivity contribution in [1.82, 2.24) is 5.32 Å². The van der Waals surface area contributed by atoms with Crippen LogP contribution in [0.3, 0.4) is 0 Å². The SMILES string of the molecule is Cc1ccc(C)c(NC(=O)CSc2cccc(NC(=O)/C(=C\c3ccc(-c4ccccc4)cc3)NC(=O)c3ccccc3)c2)c1. The Morgan fingerprint density at radius 2 is 1.38 bits per heavy atom. The van der Waals surface area contributed by atoms with Crippen LogP contribution in [0.1, 0.15) is 27.0 Å². The summed E-state index contributed by atoms with van der Waals surface area (Å²) in [5, 5.41) is 8.66. The maximum Gasteiger partial charge on any atom is 0.272 e. The van der Waals surface area contributed by atoms with Crippen molar-refractivity contribution in [2.24, 2.45) is 0 Å². The Morgan fingerprint density at radius 1 is 0.689 bits per heavy atom. The van der Waals surface area contributed by atoms with E-state index in [0.717, 1.165) is 38.4 Å². The van der Waals surface area contributed by atoms with E-state index in [-0.39, 0.29) is 17.4 Å². The largest absolute Gasteiger partial charge is 0.325 e. The minimum Gasteiger partial charge on any atom is -0.325 e. The van der Waals surface area contributed by atoms with Crippen LogP contribution in [0.2, 0.25) is 0 Å². The zero-order valence-corrected chi connectivity index (χ0v) is 25.9. The highest BCUT2D eigenvalue weighted by atomic mass is 32.2. The van der Waals surface area contributed by atoms with Crippen LogP contribution in [0, 0.1) is 13.8 Å². The Labute approximate surface area is 267 Å². The van der Waals surface area contributed by atoms with E-state index in [9.17, 15) is 14.4 Å². The molecule has 0 aliphatic rings. The quantitative estimate of drug-likeness (QED) is 0.110. The lowest BCUT2D eigenvalue weighted by Gasteiger charge is -2.13. The monoisotopic (exact) mass is 611 g/mol. The number of hydrogen-bond acceptors (Lipinski definition) is 4. The van der Waals surface area contributed by atoms with Crippen molar-refractivity contribution in [3.63, 3.8) is 0 Å². The van der Waals surface area contributed by atoms with Gasteiger partial charge in [-0.2, -0.15) is 0 Å². The molecule has 0 radical (unpaired) electrons. The molecule has 0 saturated carbocycles. The predicted molar refractivity (Wildman–Crippen MR) is 184 cm³/mol. The summed E-state index contributed by atoms with van der Waals surface area (Å²) in [6.07, 6.45) is 1.65. The standard InChI is InChI=1S/C38H33N3O3S/c1-26-16-17-27(2)34(22-26)40-36(42)25-45-33-15-9-14-32(24-33)39-38(44)35(41-37(43)31-12-7-4-8-13-31)23-28-18-20-30(21-19-28)29-10-5-3-6-11-29/h3-24H,25H2,1-2H3,(H,39,44)(H,40,42)(H,41,43)/b35-23+. The van der Waals surface area contributed by atoms with Crippen LogP contribution >= 0.6 is 11.8 Å². The summed E-state index contributed by atoms with van der Waals surface area (Å²) in [5.41, 5.74) is 6.84. The maximum absolute atomic E-state index is 13.5. The Kier molecular flexibility index (Phi) is 10.2. The van der Waals surface area contributed by atoms with Crippen LogP contribution in [0.4, 0.5) is 11.4 Å². The summed E-state index contributed by atoms with van der Waals surface area (Å²) in [4.78, 5) is 40.1. The van der Waals surface area contributed by atoms with Gasteiger partial charge >= 0.3 is 0 Å². The number of aryl methyl sites for hydroxylation is 2. The fourth-order valence-corrected chi connectivity index (χ4v) is 5.33. The van der Waals surface area contributed by atoms with Crippen molar-refractivity contribution in [3.05, 3.63) is 155 Å². The topological polar surface area (TPSA) is 87.3 Å². The lowest BCUT2D eigenvalue weighted by Crippen LogP contribution is -2.30. The van der Waals surface area contributed by atoms with E-state index in [1.807, 2.05) is 105 Å². The third-order valence-electron chi connectivity index (χ3n) is 6.99. The number of hydrogen-bond donors (Lipinski definition) is 3. The average Bonchev–Trinajstić information content (AvgIpc) is 3.06. The highest BCUT2D eigenvalue weighted by molar-refractivity contribution is 8.00. The van der Waals surface area contributed by atoms with E-state index < -0.39 is 11.8 Å². The van der Waals surface area contributed by atoms with Crippen LogP contribution in [-0.4, -0.2) is 23.5 Å². The Morgan fingerprint density at radius 3 is 2.11 bits per heavy atom. The van der Waals surface area contributed by atoms with Gasteiger partial charge in [-0.05, 0) is 84.1 Å². The Balaban J connectivity index is 1.30. The molecule has 6 nitrogen and oxygen atoms in total. The number of thioether (sulfide) groups is 1. The van der Waals surface area contributed by atoms with E-state index in [1.54, 1.807) is 42.5 Å². The first-order valence-electron chi connectivity index (χ1n) is 14.5. The van der Waals surface area contributed by atoms with Crippen molar-refractivity contribution in [2.75, 3.05) is 16.4 Å². The molecule has 3 amide bonds. The lowest BCUT2D eigenvalue weighted by atomic mass is 10.0. The predicted octanol–water partition coefficient (Wildman–Crippen LogP) is 8.11. The highest BCUT2D eigenvalue weighted by Crippen LogP contribution is 2.24. The average molecular weight is 612 g/mol. The van der Waals surface area contributed by atoms with E-state index >= 15 is 0 Å². The fourth-order valence-electron chi connectivity index (χ4n) is 4.58. The van der Waals surface area contributed by atoms with Gasteiger partial charge in [-0.3, -0.25) is 14.4 Å². The van der Waals surface area contributed by atoms with Crippen LogP contribution in [0.15, 0.2) is 138 Å². The summed E-state index contributed by atoms with van der Waals surface area (Å²) < 4.78 is 0. The molecule has 5 rings (SSSR count). The Bertz CT molecular complexity index is 1840. The summed E-state index contributed by atoms with van der Waals surface area (Å²) >= 11 is 1.37. The molecule has 7 heteroatoms. The molecular formula is C38H33N3O3S. The van der Waals surface area contributed by atoms with Gasteiger partial charge in [0.1, 0.15) is 5.70 Å². The third-order valence-corrected chi connectivity index (χ3v) is 7.98. The van der Waals surface area contributed by atoms with Crippen molar-refractivity contribution in [1.29, 1.82) is 0 Å². The zero-order valence-electron chi connectivity index (χ0n) is 25.0. The van der Waals surface area contributed by atoms with Gasteiger partial charge < -0.3 is 16.0 Å². The number of anilines is 2. The molecule has 0 unspecified atom stereocenters. The zero-order chi connectivity index (χ0) is 31.6. The highest BCUT2D eigenvalue weighted by Gasteiger charge is 2.16. The number of nitrogens with one attached hydrogen (secondary N) is 3. The minimum atomic E-state index is -0.471. The maximum atomic E-state index is 13.5. The van der Waals surface area contributed by atoms with Gasteiger partial charge in [0.2, 0.25) is 5.91 Å². The normalized spacial score (nSPS) is 11.0. The summed E-state index contributed by atoms with van der Waals surface area (Å²) in [6.45, 7) is 3.94. The van der Waals surface area contributed by atoms with Crippen LogP contribution in [-0.2, 0) is 9.59 Å². The minimum absolute atomic E-state index is 0.0993. The van der Waals surface area contributed by atoms with Gasteiger partial charge in [-0.1, -0.05) is 91.0 Å². The molecular weight excluding hydrogens is 579 g/mol. The lowest BCUT2D eigenvalue weighted by molar-refractivity contribution is -0.114. The van der Waals surface area contributed by atoms with E-state index in [1.165, 1.54) is 11.8 Å². The molecule has 45 heavy (non-hydrogen) atoms. The number of amides is 3. The van der Waals surface area contributed by atoms with Crippen molar-refractivity contribution in [3.8, 4) is 11.1 Å². The second kappa shape index (κ2) is 14.9. The third kappa shape index (κ3) is 8.81. The van der Waals surface area contributed by atoms with Crippen LogP contribution in [0.25, 0.3) is 17.2 Å². The number of benzene rings is 5. The van der Waals surface area contributed by atoms with E-state index in [4.69, 9.17) is 0 Å². The molecule has 224 valence electrons. The molecule has 0 atom stereocenters. The molecule has 0 fully saturated rings. The number of carbonyl (C=O) groups excluding carboxylic acids is 3. The smallest absolute Gasteiger partial charge is 0.272 e. The number of rotatable bonds is 10. The molecule has 5 aromatic rings. The van der Waals surface area contributed by atoms with Crippen molar-refractivity contribution < 1.29 is 14.4 Å². The van der Waals surface area contributed by atoms with Gasteiger partial charge in [-0.25, -0.2) is 0 Å². The Hall–Kier alpha value is -5.40. The first-order chi connectivity index (χ1) is 21.8. The molecule has 0 bridgehead atoms. The molecule has 0 aliphatic heterocycles. The number of carbonyl (C=O) groups is 3. The van der Waals surface area contributed by atoms with Crippen LogP contribution < -0.4 is 16.0 Å². The molecule has 3 N–H and O–H groups in total. The molecule has 0 heterocycles. The van der Waals surface area contributed by atoms with Gasteiger partial charge in [0.25, 0.3) is 11.8 Å². The fraction of sp³-hybridized carbons (Fsp3) is 0.0789. The summed E-state index contributed by atoms with van der Waals surface area (Å²) in [7, 11) is 0. The first-order valence-corrected chi connectivity index (χ1v) is 15.5. The van der Waals surface area contributed by atoms with Crippen molar-refractivity contribution >= 4 is 46.9 Å². The van der Waals surface area contributed by atoms with Gasteiger partial charge in [-0.15, -0.1) is 11.8 Å². The molecule has 5 aromatic carbocycles. The van der Waals surface area contributed by atoms with Crippen LogP contribution in [0.5, 0.6) is 0 Å². The van der Waals surface area contributed by atoms with Crippen molar-refractivity contribution in [2.45, 2.75) is 18.7 Å². The second-order valence-corrected chi connectivity index (χ2v) is 11.6. The molecule has 0 aromatic heterocycles. The second-order valence-electron chi connectivity index (χ2n) is 10.5.